The van der Waals surface area contributed by atoms with Gasteiger partial charge in [-0.3, -0.25) is 0 Å². The molecule has 2 rings (SSSR count). The van der Waals surface area contributed by atoms with Gasteiger partial charge in [-0.2, -0.15) is 0 Å². The predicted molar refractivity (Wildman–Crippen MR) is 73.6 cm³/mol. The summed E-state index contributed by atoms with van der Waals surface area (Å²) in [5.41, 5.74) is 1.19. The van der Waals surface area contributed by atoms with Crippen molar-refractivity contribution in [2.24, 2.45) is 5.92 Å². The highest BCUT2D eigenvalue weighted by Gasteiger charge is 2.25. The Morgan fingerprint density at radius 1 is 1.50 bits per heavy atom. The standard InChI is InChI=1S/C14H20ClNO2/c1-16-7-11(5-10-8-18-9-10)13-6-12(15)3-4-14(13)17-2/h3-4,6,10-11,16H,5,7-9H2,1-2H3. The number of halogens is 1. The summed E-state index contributed by atoms with van der Waals surface area (Å²) in [4.78, 5) is 0. The molecule has 1 fully saturated rings. The van der Waals surface area contributed by atoms with Gasteiger partial charge >= 0.3 is 0 Å². The predicted octanol–water partition coefficient (Wildman–Crippen LogP) is 2.69. The Labute approximate surface area is 113 Å². The molecule has 1 unspecified atom stereocenters. The Morgan fingerprint density at radius 2 is 2.28 bits per heavy atom. The van der Waals surface area contributed by atoms with Crippen molar-refractivity contribution in [3.05, 3.63) is 28.8 Å². The van der Waals surface area contributed by atoms with Gasteiger partial charge in [0.2, 0.25) is 0 Å². The highest BCUT2D eigenvalue weighted by Crippen LogP contribution is 2.34. The number of rotatable bonds is 6. The second-order valence-electron chi connectivity index (χ2n) is 4.78. The lowest BCUT2D eigenvalue weighted by Gasteiger charge is -2.30. The molecule has 4 heteroatoms. The van der Waals surface area contributed by atoms with Gasteiger partial charge < -0.3 is 14.8 Å². The monoisotopic (exact) mass is 269 g/mol. The highest BCUT2D eigenvalue weighted by atomic mass is 35.5. The maximum Gasteiger partial charge on any atom is 0.122 e. The zero-order valence-electron chi connectivity index (χ0n) is 10.9. The van der Waals surface area contributed by atoms with Gasteiger partial charge in [-0.05, 0) is 37.2 Å². The van der Waals surface area contributed by atoms with Gasteiger partial charge in [0.15, 0.2) is 0 Å². The van der Waals surface area contributed by atoms with Crippen LogP contribution >= 0.6 is 11.6 Å². The molecule has 0 bridgehead atoms. The molecule has 1 heterocycles. The molecule has 3 nitrogen and oxygen atoms in total. The van der Waals surface area contributed by atoms with Crippen LogP contribution in [0.1, 0.15) is 17.9 Å². The number of likely N-dealkylation sites (N-methyl/N-ethyl adjacent to an activating group) is 1. The molecule has 1 atom stereocenters. The molecule has 0 amide bonds. The van der Waals surface area contributed by atoms with E-state index in [1.54, 1.807) is 7.11 Å². The van der Waals surface area contributed by atoms with Crippen LogP contribution in [0.5, 0.6) is 5.75 Å². The minimum absolute atomic E-state index is 0.414. The normalized spacial score (nSPS) is 17.3. The van der Waals surface area contributed by atoms with Crippen molar-refractivity contribution in [2.45, 2.75) is 12.3 Å². The van der Waals surface area contributed by atoms with Crippen LogP contribution in [0, 0.1) is 5.92 Å². The summed E-state index contributed by atoms with van der Waals surface area (Å²) in [7, 11) is 3.68. The first-order chi connectivity index (χ1) is 8.74. The Hall–Kier alpha value is -0.770. The van der Waals surface area contributed by atoms with Gasteiger partial charge in [0, 0.05) is 23.4 Å². The average molecular weight is 270 g/mol. The number of hydrogen-bond donors (Lipinski definition) is 1. The molecule has 1 aromatic carbocycles. The van der Waals surface area contributed by atoms with Crippen LogP contribution in [0.3, 0.4) is 0 Å². The Bertz CT molecular complexity index is 393. The Morgan fingerprint density at radius 3 is 2.83 bits per heavy atom. The number of benzene rings is 1. The zero-order chi connectivity index (χ0) is 13.0. The van der Waals surface area contributed by atoms with Gasteiger partial charge in [0.05, 0.1) is 20.3 Å². The van der Waals surface area contributed by atoms with E-state index >= 15 is 0 Å². The van der Waals surface area contributed by atoms with E-state index in [4.69, 9.17) is 21.1 Å². The van der Waals surface area contributed by atoms with Crippen molar-refractivity contribution in [3.8, 4) is 5.75 Å². The van der Waals surface area contributed by atoms with Crippen molar-refractivity contribution < 1.29 is 9.47 Å². The van der Waals surface area contributed by atoms with Gasteiger partial charge in [0.25, 0.3) is 0 Å². The molecule has 1 aliphatic heterocycles. The summed E-state index contributed by atoms with van der Waals surface area (Å²) in [6, 6.07) is 5.83. The third-order valence-electron chi connectivity index (χ3n) is 3.41. The maximum absolute atomic E-state index is 6.10. The smallest absolute Gasteiger partial charge is 0.122 e. The molecular weight excluding hydrogens is 250 g/mol. The number of ether oxygens (including phenoxy) is 2. The van der Waals surface area contributed by atoms with Crippen molar-refractivity contribution in [1.82, 2.24) is 5.32 Å². The largest absolute Gasteiger partial charge is 0.496 e. The number of nitrogens with one attached hydrogen (secondary N) is 1. The van der Waals surface area contributed by atoms with Crippen LogP contribution in [0.4, 0.5) is 0 Å². The van der Waals surface area contributed by atoms with Crippen molar-refractivity contribution >= 4 is 11.6 Å². The molecular formula is C14H20ClNO2. The van der Waals surface area contributed by atoms with E-state index in [0.29, 0.717) is 11.8 Å². The van der Waals surface area contributed by atoms with Crippen molar-refractivity contribution in [2.75, 3.05) is 33.9 Å². The average Bonchev–Trinajstić information content (AvgIpc) is 2.32. The molecule has 0 aliphatic carbocycles. The van der Waals surface area contributed by atoms with Crippen LogP contribution < -0.4 is 10.1 Å². The fraction of sp³-hybridized carbons (Fsp3) is 0.571. The van der Waals surface area contributed by atoms with Crippen LogP contribution in [-0.4, -0.2) is 33.9 Å². The lowest BCUT2D eigenvalue weighted by atomic mass is 9.87. The summed E-state index contributed by atoms with van der Waals surface area (Å²) in [5, 5.41) is 4.01. The van der Waals surface area contributed by atoms with Crippen LogP contribution in [0.15, 0.2) is 18.2 Å². The minimum atomic E-state index is 0.414. The Balaban J connectivity index is 2.19. The summed E-state index contributed by atoms with van der Waals surface area (Å²) in [6.07, 6.45) is 1.11. The maximum atomic E-state index is 6.10. The topological polar surface area (TPSA) is 30.5 Å². The molecule has 1 aromatic rings. The quantitative estimate of drug-likeness (QED) is 0.861. The summed E-state index contributed by atoms with van der Waals surface area (Å²) < 4.78 is 10.7. The molecule has 18 heavy (non-hydrogen) atoms. The summed E-state index contributed by atoms with van der Waals surface area (Å²) >= 11 is 6.10. The third kappa shape index (κ3) is 3.16. The second kappa shape index (κ2) is 6.41. The van der Waals surface area contributed by atoms with E-state index < -0.39 is 0 Å². The van der Waals surface area contributed by atoms with E-state index in [9.17, 15) is 0 Å². The Kier molecular flexibility index (Phi) is 4.87. The molecule has 0 aromatic heterocycles. The SMILES string of the molecule is CNCC(CC1COC1)c1cc(Cl)ccc1OC. The summed E-state index contributed by atoms with van der Waals surface area (Å²) in [5.74, 6) is 1.99. The van der Waals surface area contributed by atoms with Gasteiger partial charge in [0.1, 0.15) is 5.75 Å². The third-order valence-corrected chi connectivity index (χ3v) is 3.64. The first-order valence-electron chi connectivity index (χ1n) is 6.30. The molecule has 0 spiro atoms. The van der Waals surface area contributed by atoms with E-state index in [2.05, 4.69) is 5.32 Å². The van der Waals surface area contributed by atoms with Crippen LogP contribution in [0.2, 0.25) is 5.02 Å². The molecule has 100 valence electrons. The lowest BCUT2D eigenvalue weighted by Crippen LogP contribution is -2.31. The molecule has 0 radical (unpaired) electrons. The van der Waals surface area contributed by atoms with E-state index in [1.807, 2.05) is 25.2 Å². The minimum Gasteiger partial charge on any atom is -0.496 e. The van der Waals surface area contributed by atoms with E-state index in [-0.39, 0.29) is 0 Å². The molecule has 1 N–H and O–H groups in total. The first kappa shape index (κ1) is 13.7. The number of hydrogen-bond acceptors (Lipinski definition) is 3. The van der Waals surface area contributed by atoms with Crippen LogP contribution in [-0.2, 0) is 4.74 Å². The summed E-state index contributed by atoms with van der Waals surface area (Å²) in [6.45, 7) is 2.68. The van der Waals surface area contributed by atoms with Crippen molar-refractivity contribution in [1.29, 1.82) is 0 Å². The van der Waals surface area contributed by atoms with Gasteiger partial charge in [-0.25, -0.2) is 0 Å². The van der Waals surface area contributed by atoms with E-state index in [1.165, 1.54) is 5.56 Å². The first-order valence-corrected chi connectivity index (χ1v) is 6.68. The van der Waals surface area contributed by atoms with E-state index in [0.717, 1.165) is 37.0 Å². The molecule has 1 aliphatic rings. The van der Waals surface area contributed by atoms with Gasteiger partial charge in [-0.1, -0.05) is 11.6 Å². The molecule has 1 saturated heterocycles. The molecule has 0 saturated carbocycles. The van der Waals surface area contributed by atoms with Gasteiger partial charge in [-0.15, -0.1) is 0 Å². The zero-order valence-corrected chi connectivity index (χ0v) is 11.7. The number of methoxy groups -OCH3 is 1. The fourth-order valence-electron chi connectivity index (χ4n) is 2.41. The lowest BCUT2D eigenvalue weighted by molar-refractivity contribution is -0.0384. The highest BCUT2D eigenvalue weighted by molar-refractivity contribution is 6.30. The van der Waals surface area contributed by atoms with Crippen molar-refractivity contribution in [3.63, 3.8) is 0 Å². The van der Waals surface area contributed by atoms with Crippen LogP contribution in [0.25, 0.3) is 0 Å². The fourth-order valence-corrected chi connectivity index (χ4v) is 2.59. The second-order valence-corrected chi connectivity index (χ2v) is 5.22.